The number of aliphatic hydroxyl groups excluding tert-OH is 3. The van der Waals surface area contributed by atoms with Crippen LogP contribution in [0.3, 0.4) is 0 Å². The second-order valence-electron chi connectivity index (χ2n) is 6.95. The number of hydrogen-bond donors (Lipinski definition) is 5. The summed E-state index contributed by atoms with van der Waals surface area (Å²) in [4.78, 5) is 12.1. The van der Waals surface area contributed by atoms with Crippen LogP contribution in [0.4, 0.5) is 15.9 Å². The summed E-state index contributed by atoms with van der Waals surface area (Å²) in [6, 6.07) is 6.90. The van der Waals surface area contributed by atoms with Crippen LogP contribution in [0, 0.1) is 9.39 Å². The van der Waals surface area contributed by atoms with Gasteiger partial charge in [0.25, 0.3) is 5.56 Å². The minimum atomic E-state index is -1.23. The maximum absolute atomic E-state index is 14.3. The first-order valence-electron chi connectivity index (χ1n) is 9.00. The predicted molar refractivity (Wildman–Crippen MR) is 112 cm³/mol. The molecule has 7 nitrogen and oxygen atoms in total. The van der Waals surface area contributed by atoms with Crippen molar-refractivity contribution in [3.63, 3.8) is 0 Å². The van der Waals surface area contributed by atoms with Gasteiger partial charge in [0.05, 0.1) is 17.9 Å². The van der Waals surface area contributed by atoms with Gasteiger partial charge in [-0.2, -0.15) is 0 Å². The van der Waals surface area contributed by atoms with Crippen LogP contribution in [0.5, 0.6) is 0 Å². The molecule has 5 N–H and O–H groups in total. The Morgan fingerprint density at radius 2 is 2.00 bits per heavy atom. The van der Waals surface area contributed by atoms with Crippen LogP contribution < -0.4 is 16.2 Å². The molecule has 2 aromatic rings. The molecule has 0 spiro atoms. The molecule has 0 amide bonds. The van der Waals surface area contributed by atoms with E-state index in [1.165, 1.54) is 29.8 Å². The van der Waals surface area contributed by atoms with Gasteiger partial charge in [-0.05, 0) is 66.1 Å². The van der Waals surface area contributed by atoms with Crippen LogP contribution in [0.25, 0.3) is 0 Å². The summed E-state index contributed by atoms with van der Waals surface area (Å²) in [5.41, 5.74) is 0.174. The van der Waals surface area contributed by atoms with Crippen molar-refractivity contribution in [1.82, 2.24) is 9.88 Å². The zero-order valence-corrected chi connectivity index (χ0v) is 17.4. The number of rotatable bonds is 5. The molecule has 1 fully saturated rings. The summed E-state index contributed by atoms with van der Waals surface area (Å²) in [5, 5.41) is 36.5. The van der Waals surface area contributed by atoms with Crippen molar-refractivity contribution < 1.29 is 19.7 Å². The molecule has 0 saturated heterocycles. The fourth-order valence-electron chi connectivity index (χ4n) is 3.38. The summed E-state index contributed by atoms with van der Waals surface area (Å²) in [7, 11) is 1.52. The van der Waals surface area contributed by atoms with E-state index in [1.807, 2.05) is 22.6 Å². The van der Waals surface area contributed by atoms with Crippen LogP contribution in [-0.4, -0.2) is 38.1 Å². The summed E-state index contributed by atoms with van der Waals surface area (Å²) in [6.07, 6.45) is -1.26. The first kappa shape index (κ1) is 21.2. The SMILES string of the molecule is Cn1c(Nc2ccc(I)cc2F)c(C(O)NC2CCCC(O)C2O)ccc1=O. The highest BCUT2D eigenvalue weighted by atomic mass is 127. The van der Waals surface area contributed by atoms with Crippen molar-refractivity contribution in [2.24, 2.45) is 7.05 Å². The van der Waals surface area contributed by atoms with E-state index in [2.05, 4.69) is 10.6 Å². The smallest absolute Gasteiger partial charge is 0.251 e. The molecule has 1 saturated carbocycles. The number of halogens is 2. The molecule has 1 aromatic heterocycles. The number of anilines is 2. The summed E-state index contributed by atoms with van der Waals surface area (Å²) in [6.45, 7) is 0. The van der Waals surface area contributed by atoms with Crippen LogP contribution >= 0.6 is 22.6 Å². The highest BCUT2D eigenvalue weighted by Crippen LogP contribution is 2.28. The summed E-state index contributed by atoms with van der Waals surface area (Å²) in [5.74, 6) is -0.249. The number of hydrogen-bond acceptors (Lipinski definition) is 6. The molecule has 4 atom stereocenters. The number of aromatic nitrogens is 1. The second-order valence-corrected chi connectivity index (χ2v) is 8.19. The lowest BCUT2D eigenvalue weighted by molar-refractivity contribution is -0.0433. The maximum Gasteiger partial charge on any atom is 0.251 e. The number of nitrogens with zero attached hydrogens (tertiary/aromatic N) is 1. The van der Waals surface area contributed by atoms with Crippen molar-refractivity contribution in [3.05, 3.63) is 55.6 Å². The molecule has 1 aliphatic carbocycles. The molecule has 9 heteroatoms. The van der Waals surface area contributed by atoms with Gasteiger partial charge in [-0.1, -0.05) is 0 Å². The van der Waals surface area contributed by atoms with E-state index in [-0.39, 0.29) is 17.1 Å². The van der Waals surface area contributed by atoms with E-state index in [0.29, 0.717) is 18.4 Å². The number of pyridine rings is 1. The quantitative estimate of drug-likeness (QED) is 0.315. The molecular weight excluding hydrogens is 480 g/mol. The molecule has 28 heavy (non-hydrogen) atoms. The van der Waals surface area contributed by atoms with Crippen LogP contribution in [0.15, 0.2) is 35.1 Å². The Balaban J connectivity index is 1.90. The fraction of sp³-hybridized carbons (Fsp3) is 0.421. The Morgan fingerprint density at radius 3 is 2.71 bits per heavy atom. The van der Waals surface area contributed by atoms with E-state index >= 15 is 0 Å². The van der Waals surface area contributed by atoms with Crippen molar-refractivity contribution in [2.75, 3.05) is 5.32 Å². The van der Waals surface area contributed by atoms with Crippen LogP contribution in [0.1, 0.15) is 31.1 Å². The summed E-state index contributed by atoms with van der Waals surface area (Å²) >= 11 is 2.00. The zero-order chi connectivity index (χ0) is 20.4. The van der Waals surface area contributed by atoms with Crippen molar-refractivity contribution in [2.45, 2.75) is 43.7 Å². The predicted octanol–water partition coefficient (Wildman–Crippen LogP) is 1.73. The third-order valence-electron chi connectivity index (χ3n) is 5.02. The van der Waals surface area contributed by atoms with Gasteiger partial charge in [0.1, 0.15) is 17.9 Å². The van der Waals surface area contributed by atoms with Gasteiger partial charge in [-0.25, -0.2) is 4.39 Å². The Morgan fingerprint density at radius 1 is 1.25 bits per heavy atom. The minimum Gasteiger partial charge on any atom is -0.390 e. The highest BCUT2D eigenvalue weighted by Gasteiger charge is 2.32. The summed E-state index contributed by atoms with van der Waals surface area (Å²) < 4.78 is 16.3. The van der Waals surface area contributed by atoms with Crippen LogP contribution in [0.2, 0.25) is 0 Å². The van der Waals surface area contributed by atoms with Crippen LogP contribution in [-0.2, 0) is 7.05 Å². The number of nitrogens with one attached hydrogen (secondary N) is 2. The number of aliphatic hydroxyl groups is 3. The molecule has 0 bridgehead atoms. The van der Waals surface area contributed by atoms with E-state index in [4.69, 9.17) is 0 Å². The first-order chi connectivity index (χ1) is 13.3. The average Bonchev–Trinajstić information content (AvgIpc) is 2.64. The molecule has 0 radical (unpaired) electrons. The molecular formula is C19H23FIN3O4. The standard InChI is InChI=1S/C19H23FIN3O4/c1-24-16(26)8-6-11(18(24)22-13-7-5-10(21)9-12(13)20)19(28)23-14-3-2-4-15(25)17(14)27/h5-9,14-15,17,19,22-23,25,27-28H,2-4H2,1H3. The highest BCUT2D eigenvalue weighted by molar-refractivity contribution is 14.1. The third kappa shape index (κ3) is 4.54. The van der Waals surface area contributed by atoms with Gasteiger partial charge in [0.15, 0.2) is 0 Å². The lowest BCUT2D eigenvalue weighted by Crippen LogP contribution is -2.50. The first-order valence-corrected chi connectivity index (χ1v) is 10.1. The van der Waals surface area contributed by atoms with Gasteiger partial charge >= 0.3 is 0 Å². The lowest BCUT2D eigenvalue weighted by atomic mass is 9.90. The fourth-order valence-corrected chi connectivity index (χ4v) is 3.83. The Bertz CT molecular complexity index is 907. The Labute approximate surface area is 175 Å². The van der Waals surface area contributed by atoms with Crippen molar-refractivity contribution in [1.29, 1.82) is 0 Å². The molecule has 152 valence electrons. The molecule has 1 heterocycles. The van der Waals surface area contributed by atoms with Gasteiger partial charge in [-0.3, -0.25) is 14.7 Å². The topological polar surface area (TPSA) is 107 Å². The van der Waals surface area contributed by atoms with Gasteiger partial charge in [0.2, 0.25) is 0 Å². The van der Waals surface area contributed by atoms with E-state index in [1.54, 1.807) is 12.1 Å². The van der Waals surface area contributed by atoms with Crippen molar-refractivity contribution >= 4 is 34.1 Å². The molecule has 3 rings (SSSR count). The monoisotopic (exact) mass is 503 g/mol. The maximum atomic E-state index is 14.3. The van der Waals surface area contributed by atoms with E-state index < -0.39 is 30.3 Å². The van der Waals surface area contributed by atoms with Crippen molar-refractivity contribution in [3.8, 4) is 0 Å². The van der Waals surface area contributed by atoms with E-state index in [9.17, 15) is 24.5 Å². The lowest BCUT2D eigenvalue weighted by Gasteiger charge is -2.34. The zero-order valence-electron chi connectivity index (χ0n) is 15.3. The normalized spacial score (nSPS) is 23.4. The molecule has 1 aliphatic rings. The Hall–Kier alpha value is -1.53. The van der Waals surface area contributed by atoms with Gasteiger partial charge in [-0.15, -0.1) is 0 Å². The minimum absolute atomic E-state index is 0.170. The molecule has 0 aliphatic heterocycles. The number of benzene rings is 1. The van der Waals surface area contributed by atoms with Gasteiger partial charge < -0.3 is 20.6 Å². The van der Waals surface area contributed by atoms with E-state index in [0.717, 1.165) is 9.99 Å². The Kier molecular flexibility index (Phi) is 6.71. The second kappa shape index (κ2) is 8.87. The molecule has 4 unspecified atom stereocenters. The third-order valence-corrected chi connectivity index (χ3v) is 5.69. The largest absolute Gasteiger partial charge is 0.390 e. The van der Waals surface area contributed by atoms with Gasteiger partial charge in [0, 0.05) is 28.3 Å². The molecule has 1 aromatic carbocycles. The average molecular weight is 503 g/mol.